The summed E-state index contributed by atoms with van der Waals surface area (Å²) in [6, 6.07) is 24.0. The van der Waals surface area contributed by atoms with Crippen LogP contribution >= 0.6 is 0 Å². The standard InChI is InChI=1S/C27H24O10S/c1-38(31,32)37-23-22(35-25(29)19-13-7-3-8-14-19)21(17-33-24(28)18-11-5-2-6-12-18)34-27(23)36-26(30)20-15-9-4-10-16-20/h2-16,21-23,27H,17H2,1H3. The number of benzene rings is 3. The molecule has 198 valence electrons. The van der Waals surface area contributed by atoms with Crippen LogP contribution in [0.1, 0.15) is 31.1 Å². The Labute approximate surface area is 219 Å². The van der Waals surface area contributed by atoms with Gasteiger partial charge in [-0.1, -0.05) is 54.6 Å². The molecule has 3 aromatic rings. The highest BCUT2D eigenvalue weighted by Gasteiger charge is 2.52. The molecule has 4 atom stereocenters. The van der Waals surface area contributed by atoms with Gasteiger partial charge in [-0.2, -0.15) is 8.42 Å². The first-order valence-electron chi connectivity index (χ1n) is 11.5. The average molecular weight is 541 g/mol. The van der Waals surface area contributed by atoms with Crippen molar-refractivity contribution in [2.45, 2.75) is 24.6 Å². The summed E-state index contributed by atoms with van der Waals surface area (Å²) in [4.78, 5) is 38.1. The molecule has 0 aromatic heterocycles. The first kappa shape index (κ1) is 27.0. The second kappa shape index (κ2) is 12.0. The predicted molar refractivity (Wildman–Crippen MR) is 133 cm³/mol. The molecule has 3 aromatic carbocycles. The van der Waals surface area contributed by atoms with Gasteiger partial charge in [-0.3, -0.25) is 4.18 Å². The summed E-state index contributed by atoms with van der Waals surface area (Å²) < 4.78 is 51.5. The van der Waals surface area contributed by atoms with Gasteiger partial charge in [-0.25, -0.2) is 14.4 Å². The summed E-state index contributed by atoms with van der Waals surface area (Å²) in [7, 11) is -4.14. The molecule has 1 fully saturated rings. The quantitative estimate of drug-likeness (QED) is 0.227. The molecule has 0 spiro atoms. The Kier molecular flexibility index (Phi) is 8.52. The van der Waals surface area contributed by atoms with Crippen LogP contribution in [0.15, 0.2) is 91.0 Å². The van der Waals surface area contributed by atoms with Crippen LogP contribution in [0.2, 0.25) is 0 Å². The van der Waals surface area contributed by atoms with Crippen molar-refractivity contribution in [1.82, 2.24) is 0 Å². The average Bonchev–Trinajstić information content (AvgIpc) is 3.22. The van der Waals surface area contributed by atoms with E-state index in [1.165, 1.54) is 24.3 Å². The van der Waals surface area contributed by atoms with Crippen molar-refractivity contribution in [3.63, 3.8) is 0 Å². The molecule has 11 heteroatoms. The van der Waals surface area contributed by atoms with E-state index in [2.05, 4.69) is 0 Å². The molecule has 0 amide bonds. The number of ether oxygens (including phenoxy) is 4. The van der Waals surface area contributed by atoms with Gasteiger partial charge in [-0.05, 0) is 36.4 Å². The number of hydrogen-bond acceptors (Lipinski definition) is 10. The molecule has 0 saturated carbocycles. The first-order chi connectivity index (χ1) is 18.2. The molecule has 4 rings (SSSR count). The Morgan fingerprint density at radius 2 is 1.13 bits per heavy atom. The van der Waals surface area contributed by atoms with Crippen molar-refractivity contribution in [2.75, 3.05) is 12.9 Å². The fourth-order valence-electron chi connectivity index (χ4n) is 3.70. The SMILES string of the molecule is CS(=O)(=O)OC1C(OC(=O)c2ccccc2)OC(COC(=O)c2ccccc2)C1OC(=O)c1ccccc1. The Morgan fingerprint density at radius 1 is 0.684 bits per heavy atom. The third-order valence-electron chi connectivity index (χ3n) is 5.43. The Hall–Kier alpha value is -4.06. The highest BCUT2D eigenvalue weighted by atomic mass is 32.2. The van der Waals surface area contributed by atoms with Gasteiger partial charge in [0.05, 0.1) is 22.9 Å². The van der Waals surface area contributed by atoms with Crippen molar-refractivity contribution in [3.8, 4) is 0 Å². The molecule has 0 N–H and O–H groups in total. The van der Waals surface area contributed by atoms with Crippen LogP contribution in [0, 0.1) is 0 Å². The van der Waals surface area contributed by atoms with E-state index in [1.54, 1.807) is 66.7 Å². The van der Waals surface area contributed by atoms with Crippen LogP contribution in [0.25, 0.3) is 0 Å². The monoisotopic (exact) mass is 540 g/mol. The van der Waals surface area contributed by atoms with Crippen molar-refractivity contribution >= 4 is 28.0 Å². The molecule has 4 unspecified atom stereocenters. The van der Waals surface area contributed by atoms with Crippen molar-refractivity contribution in [3.05, 3.63) is 108 Å². The van der Waals surface area contributed by atoms with Gasteiger partial charge < -0.3 is 18.9 Å². The van der Waals surface area contributed by atoms with Crippen LogP contribution < -0.4 is 0 Å². The van der Waals surface area contributed by atoms with Gasteiger partial charge in [-0.15, -0.1) is 0 Å². The van der Waals surface area contributed by atoms with Crippen LogP contribution in [0.5, 0.6) is 0 Å². The van der Waals surface area contributed by atoms with Gasteiger partial charge in [0, 0.05) is 0 Å². The highest BCUT2D eigenvalue weighted by molar-refractivity contribution is 7.86. The topological polar surface area (TPSA) is 132 Å². The lowest BCUT2D eigenvalue weighted by Gasteiger charge is -2.23. The number of carbonyl (C=O) groups is 3. The number of hydrogen-bond donors (Lipinski definition) is 0. The zero-order valence-electron chi connectivity index (χ0n) is 20.2. The minimum atomic E-state index is -4.14. The van der Waals surface area contributed by atoms with E-state index < -0.39 is 59.2 Å². The Morgan fingerprint density at radius 3 is 1.61 bits per heavy atom. The summed E-state index contributed by atoms with van der Waals surface area (Å²) >= 11 is 0. The van der Waals surface area contributed by atoms with Gasteiger partial charge in [0.25, 0.3) is 10.1 Å². The third kappa shape index (κ3) is 7.03. The maximum atomic E-state index is 12.9. The first-order valence-corrected chi connectivity index (χ1v) is 13.3. The van der Waals surface area contributed by atoms with Crippen molar-refractivity contribution in [2.24, 2.45) is 0 Å². The summed E-state index contributed by atoms with van der Waals surface area (Å²) in [6.07, 6.45) is -5.04. The predicted octanol–water partition coefficient (Wildman–Crippen LogP) is 3.00. The number of rotatable bonds is 9. The van der Waals surface area contributed by atoms with Crippen molar-refractivity contribution < 1.29 is 45.9 Å². The van der Waals surface area contributed by atoms with E-state index in [0.29, 0.717) is 0 Å². The minimum absolute atomic E-state index is 0.172. The highest BCUT2D eigenvalue weighted by Crippen LogP contribution is 2.31. The molecule has 0 aliphatic carbocycles. The van der Waals surface area contributed by atoms with E-state index in [0.717, 1.165) is 6.26 Å². The van der Waals surface area contributed by atoms with E-state index >= 15 is 0 Å². The second-order valence-electron chi connectivity index (χ2n) is 8.28. The van der Waals surface area contributed by atoms with Crippen LogP contribution in [-0.2, 0) is 33.2 Å². The van der Waals surface area contributed by atoms with Gasteiger partial charge in [0.1, 0.15) is 12.7 Å². The van der Waals surface area contributed by atoms with Gasteiger partial charge in [0.15, 0.2) is 12.2 Å². The molecule has 1 aliphatic rings. The van der Waals surface area contributed by atoms with E-state index in [4.69, 9.17) is 23.1 Å². The molecule has 10 nitrogen and oxygen atoms in total. The zero-order chi connectivity index (χ0) is 27.1. The van der Waals surface area contributed by atoms with Crippen LogP contribution in [0.4, 0.5) is 0 Å². The summed E-state index contributed by atoms with van der Waals surface area (Å²) in [5.74, 6) is -2.32. The lowest BCUT2D eigenvalue weighted by molar-refractivity contribution is -0.135. The molecule has 1 aliphatic heterocycles. The molecular formula is C27H24O10S. The number of esters is 3. The lowest BCUT2D eigenvalue weighted by Crippen LogP contribution is -2.42. The third-order valence-corrected chi connectivity index (χ3v) is 6.00. The molecular weight excluding hydrogens is 516 g/mol. The van der Waals surface area contributed by atoms with E-state index in [1.807, 2.05) is 0 Å². The normalized spacial score (nSPS) is 20.9. The molecule has 0 bridgehead atoms. The minimum Gasteiger partial charge on any atom is -0.459 e. The molecule has 0 radical (unpaired) electrons. The van der Waals surface area contributed by atoms with E-state index in [-0.39, 0.29) is 16.7 Å². The maximum Gasteiger partial charge on any atom is 0.340 e. The smallest absolute Gasteiger partial charge is 0.340 e. The van der Waals surface area contributed by atoms with Crippen molar-refractivity contribution in [1.29, 1.82) is 0 Å². The van der Waals surface area contributed by atoms with Gasteiger partial charge in [0.2, 0.25) is 6.29 Å². The molecule has 1 saturated heterocycles. The second-order valence-corrected chi connectivity index (χ2v) is 9.88. The molecule has 38 heavy (non-hydrogen) atoms. The fourth-order valence-corrected chi connectivity index (χ4v) is 4.30. The van der Waals surface area contributed by atoms with Crippen LogP contribution in [0.3, 0.4) is 0 Å². The van der Waals surface area contributed by atoms with E-state index in [9.17, 15) is 22.8 Å². The van der Waals surface area contributed by atoms with Crippen LogP contribution in [-0.4, -0.2) is 63.8 Å². The molecule has 1 heterocycles. The summed E-state index contributed by atoms with van der Waals surface area (Å²) in [6.45, 7) is -0.455. The largest absolute Gasteiger partial charge is 0.459 e. The maximum absolute atomic E-state index is 12.9. The lowest BCUT2D eigenvalue weighted by atomic mass is 10.1. The van der Waals surface area contributed by atoms with Gasteiger partial charge >= 0.3 is 17.9 Å². The summed E-state index contributed by atoms with van der Waals surface area (Å²) in [5, 5.41) is 0. The Balaban J connectivity index is 1.60. The summed E-state index contributed by atoms with van der Waals surface area (Å²) in [5.41, 5.74) is 0.612. The number of carbonyl (C=O) groups excluding carboxylic acids is 3. The zero-order valence-corrected chi connectivity index (χ0v) is 21.0. The Bertz CT molecular complexity index is 1360. The fraction of sp³-hybridized carbons (Fsp3) is 0.222.